The van der Waals surface area contributed by atoms with E-state index >= 15 is 0 Å². The molecule has 0 bridgehead atoms. The molecule has 14 heavy (non-hydrogen) atoms. The molecule has 1 saturated heterocycles. The van der Waals surface area contributed by atoms with Crippen LogP contribution in [-0.2, 0) is 4.74 Å². The standard InChI is InChI=1S/C9H10N4O/c10-7-6-1-2-11-9(6)13-8(12-7)5-3-14-4-5/h1-2,5H,3-4H2,(H3,10,11,12,13). The fourth-order valence-corrected chi connectivity index (χ4v) is 1.55. The van der Waals surface area contributed by atoms with Gasteiger partial charge >= 0.3 is 0 Å². The van der Waals surface area contributed by atoms with Gasteiger partial charge in [-0.25, -0.2) is 9.97 Å². The molecule has 5 nitrogen and oxygen atoms in total. The molecule has 1 aliphatic heterocycles. The van der Waals surface area contributed by atoms with Gasteiger partial charge in [0.2, 0.25) is 0 Å². The van der Waals surface area contributed by atoms with Gasteiger partial charge in [-0.05, 0) is 6.07 Å². The van der Waals surface area contributed by atoms with Crippen molar-refractivity contribution in [2.24, 2.45) is 0 Å². The summed E-state index contributed by atoms with van der Waals surface area (Å²) in [4.78, 5) is 11.7. The van der Waals surface area contributed by atoms with Crippen molar-refractivity contribution in [3.63, 3.8) is 0 Å². The Kier molecular flexibility index (Phi) is 1.49. The Morgan fingerprint density at radius 2 is 2.29 bits per heavy atom. The molecule has 3 rings (SSSR count). The third-order valence-electron chi connectivity index (χ3n) is 2.47. The van der Waals surface area contributed by atoms with Crippen molar-refractivity contribution >= 4 is 16.9 Å². The van der Waals surface area contributed by atoms with E-state index in [9.17, 15) is 0 Å². The van der Waals surface area contributed by atoms with Gasteiger partial charge in [0.15, 0.2) is 0 Å². The van der Waals surface area contributed by atoms with Gasteiger partial charge in [0.1, 0.15) is 17.3 Å². The fraction of sp³-hybridized carbons (Fsp3) is 0.333. The summed E-state index contributed by atoms with van der Waals surface area (Å²) in [7, 11) is 0. The number of H-pyrrole nitrogens is 1. The number of rotatable bonds is 1. The molecule has 2 aromatic rings. The van der Waals surface area contributed by atoms with Crippen LogP contribution < -0.4 is 5.73 Å². The van der Waals surface area contributed by atoms with Crippen LogP contribution in [0.25, 0.3) is 11.0 Å². The number of anilines is 1. The summed E-state index contributed by atoms with van der Waals surface area (Å²) < 4.78 is 5.09. The number of nitrogens with zero attached hydrogens (tertiary/aromatic N) is 2. The maximum atomic E-state index is 5.81. The Bertz CT molecular complexity index is 475. The summed E-state index contributed by atoms with van der Waals surface area (Å²) in [5.41, 5.74) is 6.61. The molecule has 0 spiro atoms. The van der Waals surface area contributed by atoms with Gasteiger partial charge in [0, 0.05) is 6.20 Å². The number of aromatic amines is 1. The van der Waals surface area contributed by atoms with E-state index < -0.39 is 0 Å². The van der Waals surface area contributed by atoms with Crippen molar-refractivity contribution in [3.8, 4) is 0 Å². The van der Waals surface area contributed by atoms with Gasteiger partial charge in [-0.2, -0.15) is 0 Å². The van der Waals surface area contributed by atoms with E-state index in [4.69, 9.17) is 10.5 Å². The number of fused-ring (bicyclic) bond motifs is 1. The molecule has 72 valence electrons. The first-order valence-corrected chi connectivity index (χ1v) is 4.53. The van der Waals surface area contributed by atoms with Crippen molar-refractivity contribution in [1.29, 1.82) is 0 Å². The van der Waals surface area contributed by atoms with Gasteiger partial charge in [-0.1, -0.05) is 0 Å². The van der Waals surface area contributed by atoms with Crippen molar-refractivity contribution in [3.05, 3.63) is 18.1 Å². The number of nitrogens with two attached hydrogens (primary N) is 1. The van der Waals surface area contributed by atoms with E-state index in [1.807, 2.05) is 12.3 Å². The smallest absolute Gasteiger partial charge is 0.143 e. The maximum absolute atomic E-state index is 5.81. The lowest BCUT2D eigenvalue weighted by atomic mass is 10.1. The molecule has 0 saturated carbocycles. The molecule has 3 N–H and O–H groups in total. The lowest BCUT2D eigenvalue weighted by Crippen LogP contribution is -2.27. The Morgan fingerprint density at radius 3 is 3.00 bits per heavy atom. The predicted molar refractivity (Wildman–Crippen MR) is 51.9 cm³/mol. The molecule has 0 aromatic carbocycles. The monoisotopic (exact) mass is 190 g/mol. The minimum atomic E-state index is 0.310. The van der Waals surface area contributed by atoms with Crippen LogP contribution in [0.1, 0.15) is 11.7 Å². The van der Waals surface area contributed by atoms with E-state index in [2.05, 4.69) is 15.0 Å². The number of hydrogen-bond acceptors (Lipinski definition) is 4. The normalized spacial score (nSPS) is 17.1. The summed E-state index contributed by atoms with van der Waals surface area (Å²) in [5, 5.41) is 0.883. The second-order valence-electron chi connectivity index (χ2n) is 3.44. The molecule has 0 amide bonds. The Balaban J connectivity index is 2.16. The molecule has 2 aromatic heterocycles. The summed E-state index contributed by atoms with van der Waals surface area (Å²) in [6, 6.07) is 1.88. The lowest BCUT2D eigenvalue weighted by molar-refractivity contribution is 0.00504. The fourth-order valence-electron chi connectivity index (χ4n) is 1.55. The minimum absolute atomic E-state index is 0.310. The highest BCUT2D eigenvalue weighted by Crippen LogP contribution is 2.24. The van der Waals surface area contributed by atoms with Gasteiger partial charge in [-0.3, -0.25) is 0 Å². The molecule has 0 radical (unpaired) electrons. The zero-order chi connectivity index (χ0) is 9.54. The Hall–Kier alpha value is -1.62. The van der Waals surface area contributed by atoms with Crippen LogP contribution in [0.15, 0.2) is 12.3 Å². The third kappa shape index (κ3) is 0.990. The molecule has 1 fully saturated rings. The molecule has 0 aliphatic carbocycles. The van der Waals surface area contributed by atoms with Gasteiger partial charge in [0.25, 0.3) is 0 Å². The highest BCUT2D eigenvalue weighted by molar-refractivity contribution is 5.85. The number of aromatic nitrogens is 3. The topological polar surface area (TPSA) is 76.8 Å². The molecule has 0 unspecified atom stereocenters. The third-order valence-corrected chi connectivity index (χ3v) is 2.47. The Labute approximate surface area is 80.3 Å². The largest absolute Gasteiger partial charge is 0.383 e. The average molecular weight is 190 g/mol. The second kappa shape index (κ2) is 2.68. The first-order valence-electron chi connectivity index (χ1n) is 4.53. The molecule has 1 aliphatic rings. The van der Waals surface area contributed by atoms with Crippen LogP contribution in [0, 0.1) is 0 Å². The van der Waals surface area contributed by atoms with E-state index in [0.29, 0.717) is 24.9 Å². The first-order chi connectivity index (χ1) is 6.84. The SMILES string of the molecule is Nc1nc(C2COC2)nc2[nH]ccc12. The zero-order valence-electron chi connectivity index (χ0n) is 7.53. The van der Waals surface area contributed by atoms with E-state index in [-0.39, 0.29) is 0 Å². The van der Waals surface area contributed by atoms with Crippen molar-refractivity contribution in [2.75, 3.05) is 18.9 Å². The summed E-state index contributed by atoms with van der Waals surface area (Å²) in [5.74, 6) is 1.63. The maximum Gasteiger partial charge on any atom is 0.143 e. The van der Waals surface area contributed by atoms with Gasteiger partial charge in [0.05, 0.1) is 24.5 Å². The molecule has 0 atom stereocenters. The van der Waals surface area contributed by atoms with Crippen LogP contribution in [-0.4, -0.2) is 28.2 Å². The van der Waals surface area contributed by atoms with Crippen molar-refractivity contribution < 1.29 is 4.74 Å². The molecule has 3 heterocycles. The van der Waals surface area contributed by atoms with E-state index in [0.717, 1.165) is 16.9 Å². The molecular formula is C9H10N4O. The number of nitrogen functional groups attached to an aromatic ring is 1. The second-order valence-corrected chi connectivity index (χ2v) is 3.44. The quantitative estimate of drug-likeness (QED) is 0.692. The first kappa shape index (κ1) is 7.75. The highest BCUT2D eigenvalue weighted by atomic mass is 16.5. The van der Waals surface area contributed by atoms with Gasteiger partial charge in [-0.15, -0.1) is 0 Å². The average Bonchev–Trinajstić information content (AvgIpc) is 2.48. The minimum Gasteiger partial charge on any atom is -0.383 e. The van der Waals surface area contributed by atoms with E-state index in [1.54, 1.807) is 0 Å². The van der Waals surface area contributed by atoms with E-state index in [1.165, 1.54) is 0 Å². The lowest BCUT2D eigenvalue weighted by Gasteiger charge is -2.24. The summed E-state index contributed by atoms with van der Waals surface area (Å²) in [6.45, 7) is 1.40. The molecule has 5 heteroatoms. The Morgan fingerprint density at radius 1 is 1.43 bits per heavy atom. The summed E-state index contributed by atoms with van der Waals surface area (Å²) >= 11 is 0. The van der Waals surface area contributed by atoms with Crippen molar-refractivity contribution in [1.82, 2.24) is 15.0 Å². The van der Waals surface area contributed by atoms with Gasteiger partial charge < -0.3 is 15.5 Å². The van der Waals surface area contributed by atoms with Crippen LogP contribution >= 0.6 is 0 Å². The molecular weight excluding hydrogens is 180 g/mol. The van der Waals surface area contributed by atoms with Crippen molar-refractivity contribution in [2.45, 2.75) is 5.92 Å². The number of hydrogen-bond donors (Lipinski definition) is 2. The number of ether oxygens (including phenoxy) is 1. The van der Waals surface area contributed by atoms with Crippen LogP contribution in [0.5, 0.6) is 0 Å². The van der Waals surface area contributed by atoms with Crippen LogP contribution in [0.3, 0.4) is 0 Å². The van der Waals surface area contributed by atoms with Crippen LogP contribution in [0.2, 0.25) is 0 Å². The summed E-state index contributed by atoms with van der Waals surface area (Å²) in [6.07, 6.45) is 1.82. The highest BCUT2D eigenvalue weighted by Gasteiger charge is 2.24. The predicted octanol–water partition coefficient (Wildman–Crippen LogP) is 0.654. The van der Waals surface area contributed by atoms with Crippen LogP contribution in [0.4, 0.5) is 5.82 Å². The zero-order valence-corrected chi connectivity index (χ0v) is 7.53. The number of nitrogens with one attached hydrogen (secondary N) is 1.